The smallest absolute Gasteiger partial charge is 0.238 e. The lowest BCUT2D eigenvalue weighted by Gasteiger charge is -2.19. The predicted molar refractivity (Wildman–Crippen MR) is 147 cm³/mol. The van der Waals surface area contributed by atoms with Crippen LogP contribution in [0, 0.1) is 13.8 Å². The van der Waals surface area contributed by atoms with Crippen LogP contribution in [0.25, 0.3) is 16.7 Å². The van der Waals surface area contributed by atoms with E-state index in [2.05, 4.69) is 20.8 Å². The van der Waals surface area contributed by atoms with Crippen LogP contribution in [-0.4, -0.2) is 26.0 Å². The summed E-state index contributed by atoms with van der Waals surface area (Å²) in [5.41, 5.74) is 7.07. The van der Waals surface area contributed by atoms with Gasteiger partial charge in [0.2, 0.25) is 5.91 Å². The molecule has 0 aliphatic heterocycles. The Hall–Kier alpha value is -4.36. The molecule has 1 amide bonds. The molecule has 36 heavy (non-hydrogen) atoms. The Morgan fingerprint density at radius 1 is 0.806 bits per heavy atom. The molecule has 0 fully saturated rings. The lowest BCUT2D eigenvalue weighted by molar-refractivity contribution is -0.120. The topological polar surface area (TPSA) is 71.8 Å². The van der Waals surface area contributed by atoms with Gasteiger partial charge in [0.1, 0.15) is 11.0 Å². The molecule has 2 N–H and O–H groups in total. The number of nitrogens with zero attached hydrogens (tertiary/aromatic N) is 3. The minimum Gasteiger partial charge on any atom is -0.332 e. The van der Waals surface area contributed by atoms with Gasteiger partial charge in [-0.15, -0.1) is 10.2 Å². The number of thiocarbonyl (C=S) groups is 1. The first kappa shape index (κ1) is 23.4. The molecule has 5 aromatic rings. The normalized spacial score (nSPS) is 11.0. The van der Waals surface area contributed by atoms with E-state index in [-0.39, 0.29) is 11.0 Å². The van der Waals surface area contributed by atoms with Crippen LogP contribution < -0.4 is 10.6 Å². The average molecular weight is 492 g/mol. The van der Waals surface area contributed by atoms with Gasteiger partial charge < -0.3 is 10.6 Å². The average Bonchev–Trinajstić information content (AvgIpc) is 3.28. The quantitative estimate of drug-likeness (QED) is 0.310. The van der Waals surface area contributed by atoms with Crippen molar-refractivity contribution in [1.82, 2.24) is 20.3 Å². The highest BCUT2D eigenvalue weighted by Gasteiger charge is 2.23. The van der Waals surface area contributed by atoms with Crippen LogP contribution in [0.5, 0.6) is 0 Å². The second-order valence-electron chi connectivity index (χ2n) is 8.68. The van der Waals surface area contributed by atoms with Gasteiger partial charge in [0.05, 0.1) is 11.6 Å². The summed E-state index contributed by atoms with van der Waals surface area (Å²) in [7, 11) is 0. The van der Waals surface area contributed by atoms with Gasteiger partial charge in [0.25, 0.3) is 0 Å². The van der Waals surface area contributed by atoms with Gasteiger partial charge in [-0.2, -0.15) is 4.80 Å². The molecule has 0 saturated carbocycles. The summed E-state index contributed by atoms with van der Waals surface area (Å²) < 4.78 is 0. The zero-order valence-electron chi connectivity index (χ0n) is 20.0. The van der Waals surface area contributed by atoms with Gasteiger partial charge in [-0.05, 0) is 67.0 Å². The minimum atomic E-state index is -0.481. The Kier molecular flexibility index (Phi) is 6.56. The van der Waals surface area contributed by atoms with Gasteiger partial charge in [-0.3, -0.25) is 4.79 Å². The molecule has 7 heteroatoms. The molecule has 0 unspecified atom stereocenters. The van der Waals surface area contributed by atoms with E-state index >= 15 is 0 Å². The molecular formula is C29H25N5OS. The highest BCUT2D eigenvalue weighted by Crippen LogP contribution is 2.25. The van der Waals surface area contributed by atoms with Crippen LogP contribution in [-0.2, 0) is 4.79 Å². The SMILES string of the molecule is Cc1ccc(-n2nc3cc(C)c(NC(=S)NC(=O)C(c4ccccc4)c4ccccc4)cc3n2)cc1. The lowest BCUT2D eigenvalue weighted by Crippen LogP contribution is -2.38. The van der Waals surface area contributed by atoms with Crippen molar-refractivity contribution >= 4 is 40.0 Å². The van der Waals surface area contributed by atoms with Crippen LogP contribution in [0.3, 0.4) is 0 Å². The van der Waals surface area contributed by atoms with Gasteiger partial charge >= 0.3 is 0 Å². The van der Waals surface area contributed by atoms with Gasteiger partial charge in [0.15, 0.2) is 5.11 Å². The first-order valence-electron chi connectivity index (χ1n) is 11.6. The molecule has 1 heterocycles. The maximum atomic E-state index is 13.4. The Bertz CT molecular complexity index is 1490. The van der Waals surface area contributed by atoms with E-state index in [1.165, 1.54) is 5.56 Å². The largest absolute Gasteiger partial charge is 0.332 e. The number of nitrogens with one attached hydrogen (secondary N) is 2. The van der Waals surface area contributed by atoms with Crippen molar-refractivity contribution in [2.24, 2.45) is 0 Å². The summed E-state index contributed by atoms with van der Waals surface area (Å²) in [6.07, 6.45) is 0. The number of benzene rings is 4. The number of aryl methyl sites for hydroxylation is 2. The van der Waals surface area contributed by atoms with Crippen LogP contribution >= 0.6 is 12.2 Å². The molecule has 1 aromatic heterocycles. The van der Waals surface area contributed by atoms with Gasteiger partial charge in [0, 0.05) is 5.69 Å². The second kappa shape index (κ2) is 10.1. The number of anilines is 1. The number of hydrogen-bond acceptors (Lipinski definition) is 4. The molecule has 5 rings (SSSR count). The van der Waals surface area contributed by atoms with Crippen molar-refractivity contribution in [2.45, 2.75) is 19.8 Å². The van der Waals surface area contributed by atoms with E-state index in [0.29, 0.717) is 0 Å². The predicted octanol–water partition coefficient (Wildman–Crippen LogP) is 5.68. The molecule has 6 nitrogen and oxygen atoms in total. The zero-order valence-corrected chi connectivity index (χ0v) is 20.8. The summed E-state index contributed by atoms with van der Waals surface area (Å²) in [5, 5.41) is 15.5. The number of hydrogen-bond donors (Lipinski definition) is 2. The molecule has 0 spiro atoms. The van der Waals surface area contributed by atoms with E-state index in [0.717, 1.165) is 39.1 Å². The van der Waals surface area contributed by atoms with E-state index in [9.17, 15) is 4.79 Å². The molecule has 178 valence electrons. The molecule has 0 aliphatic carbocycles. The Morgan fingerprint density at radius 3 is 1.94 bits per heavy atom. The molecule has 0 bridgehead atoms. The van der Waals surface area contributed by atoms with Crippen LogP contribution in [0.2, 0.25) is 0 Å². The monoisotopic (exact) mass is 491 g/mol. The van der Waals surface area contributed by atoms with E-state index in [1.54, 1.807) is 4.80 Å². The van der Waals surface area contributed by atoms with Crippen LogP contribution in [0.4, 0.5) is 5.69 Å². The molecule has 0 atom stereocenters. The fourth-order valence-electron chi connectivity index (χ4n) is 4.12. The Morgan fingerprint density at radius 2 is 1.36 bits per heavy atom. The Labute approximate surface area is 215 Å². The molecular weight excluding hydrogens is 466 g/mol. The van der Waals surface area contributed by atoms with Crippen molar-refractivity contribution in [3.05, 3.63) is 119 Å². The highest BCUT2D eigenvalue weighted by atomic mass is 32.1. The third-order valence-corrected chi connectivity index (χ3v) is 6.21. The maximum absolute atomic E-state index is 13.4. The first-order valence-corrected chi connectivity index (χ1v) is 12.1. The summed E-state index contributed by atoms with van der Waals surface area (Å²) in [6.45, 7) is 4.01. The number of rotatable bonds is 5. The second-order valence-corrected chi connectivity index (χ2v) is 9.09. The minimum absolute atomic E-state index is 0.200. The fraction of sp³-hybridized carbons (Fsp3) is 0.103. The third kappa shape index (κ3) is 5.01. The molecule has 4 aromatic carbocycles. The third-order valence-electron chi connectivity index (χ3n) is 6.00. The van der Waals surface area contributed by atoms with Crippen LogP contribution in [0.1, 0.15) is 28.2 Å². The molecule has 0 saturated heterocycles. The summed E-state index contributed by atoms with van der Waals surface area (Å²) >= 11 is 5.52. The summed E-state index contributed by atoms with van der Waals surface area (Å²) in [4.78, 5) is 15.0. The first-order chi connectivity index (χ1) is 17.5. The van der Waals surface area contributed by atoms with Crippen molar-refractivity contribution in [1.29, 1.82) is 0 Å². The summed E-state index contributed by atoms with van der Waals surface area (Å²) in [5.74, 6) is -0.681. The Balaban J connectivity index is 1.36. The zero-order chi connectivity index (χ0) is 25.1. The van der Waals surface area contributed by atoms with E-state index in [4.69, 9.17) is 12.2 Å². The number of carbonyl (C=O) groups is 1. The van der Waals surface area contributed by atoms with Crippen molar-refractivity contribution in [2.75, 3.05) is 5.32 Å². The summed E-state index contributed by atoms with van der Waals surface area (Å²) in [6, 6.07) is 31.3. The highest BCUT2D eigenvalue weighted by molar-refractivity contribution is 7.80. The van der Waals surface area contributed by atoms with Crippen molar-refractivity contribution in [3.8, 4) is 5.69 Å². The van der Waals surface area contributed by atoms with Crippen molar-refractivity contribution < 1.29 is 4.79 Å². The van der Waals surface area contributed by atoms with E-state index < -0.39 is 5.92 Å². The van der Waals surface area contributed by atoms with Crippen LogP contribution in [0.15, 0.2) is 97.1 Å². The van der Waals surface area contributed by atoms with Gasteiger partial charge in [-0.1, -0.05) is 78.4 Å². The standard InChI is InChI=1S/C29H25N5OS/c1-19-13-15-23(16-14-19)34-32-25-17-20(2)24(18-26(25)33-34)30-29(36)31-28(35)27(21-9-5-3-6-10-21)22-11-7-4-8-12-22/h3-18,27H,1-2H3,(H2,30,31,35,36). The van der Waals surface area contributed by atoms with Gasteiger partial charge in [-0.25, -0.2) is 0 Å². The lowest BCUT2D eigenvalue weighted by atomic mass is 9.90. The number of fused-ring (bicyclic) bond motifs is 1. The fourth-order valence-corrected chi connectivity index (χ4v) is 4.33. The van der Waals surface area contributed by atoms with Crippen molar-refractivity contribution in [3.63, 3.8) is 0 Å². The maximum Gasteiger partial charge on any atom is 0.238 e. The molecule has 0 radical (unpaired) electrons. The number of amides is 1. The number of aromatic nitrogens is 3. The number of carbonyl (C=O) groups excluding carboxylic acids is 1. The van der Waals surface area contributed by atoms with E-state index in [1.807, 2.05) is 111 Å². The molecule has 0 aliphatic rings.